The monoisotopic (exact) mass is 226 g/mol. The molecule has 3 aromatic rings. The number of hydrogen-bond donors (Lipinski definition) is 0. The molecule has 0 aliphatic heterocycles. The number of nitrogens with zero attached hydrogens (tertiary/aromatic N) is 2. The van der Waals surface area contributed by atoms with E-state index in [1.54, 1.807) is 36.9 Å². The smallest absolute Gasteiger partial charge is 0.336 e. The van der Waals surface area contributed by atoms with Gasteiger partial charge in [-0.1, -0.05) is 18.2 Å². The third-order valence-electron chi connectivity index (χ3n) is 2.01. The molecule has 0 saturated heterocycles. The molecule has 0 aliphatic carbocycles. The molecule has 1 aromatic carbocycles. The summed E-state index contributed by atoms with van der Waals surface area (Å²) in [5.74, 6) is 0. The molecular formula is C13H10N2O2. The van der Waals surface area contributed by atoms with E-state index in [2.05, 4.69) is 9.97 Å². The minimum atomic E-state index is -0.302. The fourth-order valence-corrected chi connectivity index (χ4v) is 1.26. The van der Waals surface area contributed by atoms with Gasteiger partial charge in [-0.05, 0) is 12.1 Å². The van der Waals surface area contributed by atoms with Crippen molar-refractivity contribution >= 4 is 11.0 Å². The van der Waals surface area contributed by atoms with E-state index >= 15 is 0 Å². The lowest BCUT2D eigenvalue weighted by Gasteiger charge is -1.91. The van der Waals surface area contributed by atoms with Gasteiger partial charge < -0.3 is 4.42 Å². The third-order valence-corrected chi connectivity index (χ3v) is 2.01. The van der Waals surface area contributed by atoms with E-state index in [0.29, 0.717) is 5.58 Å². The van der Waals surface area contributed by atoms with Gasteiger partial charge in [0.25, 0.3) is 0 Å². The second-order valence-electron chi connectivity index (χ2n) is 3.19. The van der Waals surface area contributed by atoms with Crippen molar-refractivity contribution in [1.82, 2.24) is 9.97 Å². The first kappa shape index (κ1) is 11.0. The standard InChI is InChI=1S/C9H6O2.C4H4N2/c10-9-6-5-7-3-1-2-4-8(7)11-9;1-2-6-4-3-5-1/h1-6H;1-4H. The van der Waals surface area contributed by atoms with E-state index in [1.165, 1.54) is 6.07 Å². The molecule has 3 rings (SSSR count). The van der Waals surface area contributed by atoms with Crippen molar-refractivity contribution in [2.45, 2.75) is 0 Å². The number of benzene rings is 1. The molecule has 0 aliphatic rings. The number of rotatable bonds is 0. The van der Waals surface area contributed by atoms with Crippen molar-refractivity contribution in [3.63, 3.8) is 0 Å². The van der Waals surface area contributed by atoms with E-state index in [0.717, 1.165) is 5.39 Å². The first-order valence-corrected chi connectivity index (χ1v) is 5.05. The maximum absolute atomic E-state index is 10.7. The molecule has 0 bridgehead atoms. The summed E-state index contributed by atoms with van der Waals surface area (Å²) in [6.07, 6.45) is 6.56. The Morgan fingerprint density at radius 2 is 1.47 bits per heavy atom. The van der Waals surface area contributed by atoms with Gasteiger partial charge in [0.15, 0.2) is 0 Å². The summed E-state index contributed by atoms with van der Waals surface area (Å²) in [5.41, 5.74) is 0.337. The Morgan fingerprint density at radius 1 is 0.824 bits per heavy atom. The molecule has 0 fully saturated rings. The molecule has 0 spiro atoms. The van der Waals surface area contributed by atoms with Crippen LogP contribution in [0.1, 0.15) is 0 Å². The summed E-state index contributed by atoms with van der Waals surface area (Å²) in [7, 11) is 0. The van der Waals surface area contributed by atoms with Crippen LogP contribution in [-0.4, -0.2) is 9.97 Å². The van der Waals surface area contributed by atoms with Gasteiger partial charge in [-0.25, -0.2) is 4.79 Å². The van der Waals surface area contributed by atoms with E-state index in [9.17, 15) is 4.79 Å². The van der Waals surface area contributed by atoms with Crippen LogP contribution in [0.5, 0.6) is 0 Å². The highest BCUT2D eigenvalue weighted by Gasteiger charge is 1.92. The Balaban J connectivity index is 0.000000153. The predicted molar refractivity (Wildman–Crippen MR) is 64.5 cm³/mol. The van der Waals surface area contributed by atoms with Crippen molar-refractivity contribution in [2.75, 3.05) is 0 Å². The normalized spacial score (nSPS) is 9.41. The first-order chi connectivity index (χ1) is 8.36. The minimum Gasteiger partial charge on any atom is -0.423 e. The molecule has 2 heterocycles. The Labute approximate surface area is 97.6 Å². The van der Waals surface area contributed by atoms with Gasteiger partial charge in [0, 0.05) is 36.2 Å². The number of para-hydroxylation sites is 1. The van der Waals surface area contributed by atoms with Gasteiger partial charge in [-0.2, -0.15) is 0 Å². The molecule has 0 N–H and O–H groups in total. The molecule has 0 saturated carbocycles. The molecule has 84 valence electrons. The summed E-state index contributed by atoms with van der Waals surface area (Å²) in [6.45, 7) is 0. The largest absolute Gasteiger partial charge is 0.423 e. The topological polar surface area (TPSA) is 56.0 Å². The summed E-state index contributed by atoms with van der Waals surface area (Å²) >= 11 is 0. The van der Waals surface area contributed by atoms with Crippen LogP contribution in [-0.2, 0) is 0 Å². The molecule has 0 amide bonds. The van der Waals surface area contributed by atoms with Crippen molar-refractivity contribution in [3.8, 4) is 0 Å². The second-order valence-corrected chi connectivity index (χ2v) is 3.19. The first-order valence-electron chi connectivity index (χ1n) is 5.05. The van der Waals surface area contributed by atoms with Crippen molar-refractivity contribution in [1.29, 1.82) is 0 Å². The molecule has 2 aromatic heterocycles. The molecule has 0 radical (unpaired) electrons. The number of aromatic nitrogens is 2. The molecule has 4 heteroatoms. The highest BCUT2D eigenvalue weighted by Crippen LogP contribution is 2.08. The van der Waals surface area contributed by atoms with Crippen LogP contribution in [0.15, 0.2) is 70.4 Å². The van der Waals surface area contributed by atoms with E-state index in [4.69, 9.17) is 4.42 Å². The van der Waals surface area contributed by atoms with E-state index in [1.807, 2.05) is 18.2 Å². The Bertz CT molecular complexity index is 609. The molecule has 17 heavy (non-hydrogen) atoms. The van der Waals surface area contributed by atoms with Gasteiger partial charge >= 0.3 is 5.63 Å². The highest BCUT2D eigenvalue weighted by molar-refractivity contribution is 5.75. The van der Waals surface area contributed by atoms with Crippen molar-refractivity contribution in [2.24, 2.45) is 0 Å². The lowest BCUT2D eigenvalue weighted by atomic mass is 10.2. The van der Waals surface area contributed by atoms with Gasteiger partial charge in [0.2, 0.25) is 0 Å². The zero-order valence-corrected chi connectivity index (χ0v) is 8.98. The lowest BCUT2D eigenvalue weighted by molar-refractivity contribution is 0.561. The van der Waals surface area contributed by atoms with Crippen LogP contribution in [0, 0.1) is 0 Å². The van der Waals surface area contributed by atoms with Gasteiger partial charge in [0.1, 0.15) is 5.58 Å². The average molecular weight is 226 g/mol. The predicted octanol–water partition coefficient (Wildman–Crippen LogP) is 2.27. The van der Waals surface area contributed by atoms with Crippen LogP contribution < -0.4 is 5.63 Å². The number of hydrogen-bond acceptors (Lipinski definition) is 4. The maximum Gasteiger partial charge on any atom is 0.336 e. The average Bonchev–Trinajstić information content (AvgIpc) is 2.41. The highest BCUT2D eigenvalue weighted by atomic mass is 16.4. The SMILES string of the molecule is O=c1ccc2ccccc2o1.c1cnccn1. The van der Waals surface area contributed by atoms with Crippen molar-refractivity contribution < 1.29 is 4.42 Å². The molecule has 0 unspecified atom stereocenters. The summed E-state index contributed by atoms with van der Waals surface area (Å²) in [5, 5.41) is 0.951. The zero-order chi connectivity index (χ0) is 11.9. The molecule has 0 atom stereocenters. The van der Waals surface area contributed by atoms with Crippen LogP contribution in [0.2, 0.25) is 0 Å². The number of fused-ring (bicyclic) bond motifs is 1. The summed E-state index contributed by atoms with van der Waals surface area (Å²) < 4.78 is 4.91. The Morgan fingerprint density at radius 3 is 2.12 bits per heavy atom. The van der Waals surface area contributed by atoms with E-state index in [-0.39, 0.29) is 5.63 Å². The van der Waals surface area contributed by atoms with Gasteiger partial charge in [-0.3, -0.25) is 9.97 Å². The Kier molecular flexibility index (Phi) is 3.60. The molecular weight excluding hydrogens is 216 g/mol. The van der Waals surface area contributed by atoms with E-state index < -0.39 is 0 Å². The third kappa shape index (κ3) is 3.24. The zero-order valence-electron chi connectivity index (χ0n) is 8.98. The fraction of sp³-hybridized carbons (Fsp3) is 0. The second kappa shape index (κ2) is 5.55. The lowest BCUT2D eigenvalue weighted by Crippen LogP contribution is -1.93. The molecule has 4 nitrogen and oxygen atoms in total. The van der Waals surface area contributed by atoms with Crippen LogP contribution >= 0.6 is 0 Å². The van der Waals surface area contributed by atoms with Crippen LogP contribution in [0.25, 0.3) is 11.0 Å². The van der Waals surface area contributed by atoms with Crippen molar-refractivity contribution in [3.05, 3.63) is 71.6 Å². The summed E-state index contributed by atoms with van der Waals surface area (Å²) in [6, 6.07) is 10.6. The van der Waals surface area contributed by atoms with Gasteiger partial charge in [-0.15, -0.1) is 0 Å². The van der Waals surface area contributed by atoms with Crippen LogP contribution in [0.3, 0.4) is 0 Å². The summed E-state index contributed by atoms with van der Waals surface area (Å²) in [4.78, 5) is 18.2. The fourth-order valence-electron chi connectivity index (χ4n) is 1.26. The van der Waals surface area contributed by atoms with Crippen LogP contribution in [0.4, 0.5) is 0 Å². The Hall–Kier alpha value is -2.49. The quantitative estimate of drug-likeness (QED) is 0.552. The maximum atomic E-state index is 10.7. The minimum absolute atomic E-state index is 0.302. The van der Waals surface area contributed by atoms with Gasteiger partial charge in [0.05, 0.1) is 0 Å².